The normalized spacial score (nSPS) is 12.0. The van der Waals surface area contributed by atoms with Crippen molar-refractivity contribution in [1.29, 1.82) is 0 Å². The molecule has 3 amide bonds. The highest BCUT2D eigenvalue weighted by molar-refractivity contribution is 8.00. The number of thioether (sulfide) groups is 1. The van der Waals surface area contributed by atoms with Crippen LogP contribution in [0.4, 0.5) is 24.5 Å². The van der Waals surface area contributed by atoms with Crippen LogP contribution in [0.5, 0.6) is 5.75 Å². The molecule has 0 saturated heterocycles. The summed E-state index contributed by atoms with van der Waals surface area (Å²) in [6, 6.07) is 35.5. The van der Waals surface area contributed by atoms with Gasteiger partial charge in [0.05, 0.1) is 12.7 Å². The van der Waals surface area contributed by atoms with Crippen molar-refractivity contribution in [3.05, 3.63) is 161 Å². The molecule has 0 heterocycles. The minimum Gasteiger partial charge on any atom is -0.497 e. The highest BCUT2D eigenvalue weighted by atomic mass is 32.2. The van der Waals surface area contributed by atoms with Gasteiger partial charge in [0, 0.05) is 21.8 Å². The SMILES string of the molecule is COc1ccc(/C=C(\NC(=O)c2ccccc2)C(=O)Nc2ccc(SC(C(=O)Nc3cccc(C(F)(F)F)c3)c3ccccc3)cc2)cc1. The number of hydrogen-bond donors (Lipinski definition) is 3. The third-order valence-corrected chi connectivity index (χ3v) is 8.39. The Morgan fingerprint density at radius 1 is 0.735 bits per heavy atom. The number of amides is 3. The van der Waals surface area contributed by atoms with Crippen molar-refractivity contribution in [3.63, 3.8) is 0 Å². The molecule has 3 N–H and O–H groups in total. The summed E-state index contributed by atoms with van der Waals surface area (Å²) in [5, 5.41) is 7.31. The number of benzene rings is 5. The zero-order chi connectivity index (χ0) is 34.8. The molecular formula is C38H30F3N3O4S. The first-order chi connectivity index (χ1) is 23.6. The first kappa shape index (κ1) is 34.5. The second-order valence-corrected chi connectivity index (χ2v) is 11.8. The number of nitrogens with one attached hydrogen (secondary N) is 3. The molecule has 49 heavy (non-hydrogen) atoms. The first-order valence-corrected chi connectivity index (χ1v) is 15.8. The zero-order valence-electron chi connectivity index (χ0n) is 26.0. The maximum atomic E-state index is 13.5. The second-order valence-electron chi connectivity index (χ2n) is 10.6. The summed E-state index contributed by atoms with van der Waals surface area (Å²) in [5.41, 5.74) is 1.27. The maximum Gasteiger partial charge on any atom is 0.416 e. The predicted molar refractivity (Wildman–Crippen MR) is 185 cm³/mol. The Labute approximate surface area is 285 Å². The van der Waals surface area contributed by atoms with Gasteiger partial charge in [-0.15, -0.1) is 11.8 Å². The fourth-order valence-corrected chi connectivity index (χ4v) is 5.67. The van der Waals surface area contributed by atoms with E-state index in [2.05, 4.69) is 16.0 Å². The van der Waals surface area contributed by atoms with Crippen LogP contribution in [0.2, 0.25) is 0 Å². The molecule has 248 valence electrons. The fraction of sp³-hybridized carbons (Fsp3) is 0.0789. The molecule has 1 unspecified atom stereocenters. The molecule has 5 aromatic carbocycles. The average Bonchev–Trinajstić information content (AvgIpc) is 3.11. The van der Waals surface area contributed by atoms with Crippen molar-refractivity contribution in [2.75, 3.05) is 17.7 Å². The van der Waals surface area contributed by atoms with Crippen molar-refractivity contribution in [2.45, 2.75) is 16.3 Å². The number of rotatable bonds is 11. The van der Waals surface area contributed by atoms with Crippen LogP contribution in [0.1, 0.15) is 32.3 Å². The molecule has 1 atom stereocenters. The number of halogens is 3. The molecule has 0 aliphatic rings. The van der Waals surface area contributed by atoms with E-state index in [0.29, 0.717) is 33.0 Å². The van der Waals surface area contributed by atoms with E-state index >= 15 is 0 Å². The van der Waals surface area contributed by atoms with Crippen LogP contribution in [-0.2, 0) is 15.8 Å². The van der Waals surface area contributed by atoms with Crippen molar-refractivity contribution < 1.29 is 32.3 Å². The molecule has 11 heteroatoms. The number of alkyl halides is 3. The molecule has 0 aromatic heterocycles. The Morgan fingerprint density at radius 3 is 2.02 bits per heavy atom. The lowest BCUT2D eigenvalue weighted by molar-refractivity contribution is -0.137. The van der Waals surface area contributed by atoms with Gasteiger partial charge >= 0.3 is 6.18 Å². The summed E-state index contributed by atoms with van der Waals surface area (Å²) in [5.74, 6) is -0.895. The summed E-state index contributed by atoms with van der Waals surface area (Å²) in [6.45, 7) is 0. The molecule has 5 aromatic rings. The number of anilines is 2. The van der Waals surface area contributed by atoms with Crippen LogP contribution in [0.15, 0.2) is 144 Å². The van der Waals surface area contributed by atoms with E-state index in [-0.39, 0.29) is 11.4 Å². The van der Waals surface area contributed by atoms with Crippen LogP contribution in [0.3, 0.4) is 0 Å². The highest BCUT2D eigenvalue weighted by Crippen LogP contribution is 2.37. The third kappa shape index (κ3) is 9.61. The molecule has 7 nitrogen and oxygen atoms in total. The van der Waals surface area contributed by atoms with E-state index in [4.69, 9.17) is 4.74 Å². The lowest BCUT2D eigenvalue weighted by atomic mass is 10.1. The van der Waals surface area contributed by atoms with Crippen molar-refractivity contribution in [2.24, 2.45) is 0 Å². The lowest BCUT2D eigenvalue weighted by Crippen LogP contribution is -2.30. The van der Waals surface area contributed by atoms with Gasteiger partial charge in [-0.05, 0) is 83.9 Å². The van der Waals surface area contributed by atoms with Gasteiger partial charge in [0.15, 0.2) is 0 Å². The van der Waals surface area contributed by atoms with Gasteiger partial charge in [0.1, 0.15) is 16.7 Å². The molecule has 0 saturated carbocycles. The molecule has 0 radical (unpaired) electrons. The zero-order valence-corrected chi connectivity index (χ0v) is 26.8. The molecule has 0 aliphatic heterocycles. The molecule has 0 aliphatic carbocycles. The van der Waals surface area contributed by atoms with Crippen molar-refractivity contribution in [1.82, 2.24) is 5.32 Å². The largest absolute Gasteiger partial charge is 0.497 e. The summed E-state index contributed by atoms with van der Waals surface area (Å²) in [4.78, 5) is 40.5. The van der Waals surface area contributed by atoms with Crippen molar-refractivity contribution >= 4 is 46.9 Å². The molecule has 0 fully saturated rings. The number of hydrogen-bond acceptors (Lipinski definition) is 5. The van der Waals surface area contributed by atoms with E-state index in [1.54, 1.807) is 122 Å². The summed E-state index contributed by atoms with van der Waals surface area (Å²) >= 11 is 1.20. The standard InChI is InChI=1S/C38H30F3N3O4S/c1-48-31-19-15-25(16-20-31)23-33(44-35(45)27-11-6-3-7-12-27)36(46)42-29-17-21-32(22-18-29)49-34(26-9-4-2-5-10-26)37(47)43-30-14-8-13-28(24-30)38(39,40)41/h2-24,34H,1H3,(H,42,46)(H,43,47)(H,44,45)/b33-23-. The Hall–Kier alpha value is -5.81. The van der Waals surface area contributed by atoms with Crippen LogP contribution in [0, 0.1) is 0 Å². The smallest absolute Gasteiger partial charge is 0.416 e. The van der Waals surface area contributed by atoms with Gasteiger partial charge in [-0.1, -0.05) is 66.7 Å². The Bertz CT molecular complexity index is 1930. The Balaban J connectivity index is 1.33. The Morgan fingerprint density at radius 2 is 1.39 bits per heavy atom. The van der Waals surface area contributed by atoms with E-state index < -0.39 is 34.7 Å². The number of ether oxygens (including phenoxy) is 1. The van der Waals surface area contributed by atoms with Crippen molar-refractivity contribution in [3.8, 4) is 5.75 Å². The fourth-order valence-electron chi connectivity index (χ4n) is 4.64. The molecule has 0 spiro atoms. The van der Waals surface area contributed by atoms with Crippen LogP contribution in [-0.4, -0.2) is 24.8 Å². The first-order valence-electron chi connectivity index (χ1n) is 14.9. The van der Waals surface area contributed by atoms with E-state index in [1.165, 1.54) is 23.9 Å². The van der Waals surface area contributed by atoms with Crippen LogP contribution < -0.4 is 20.7 Å². The van der Waals surface area contributed by atoms with E-state index in [9.17, 15) is 27.6 Å². The number of carbonyl (C=O) groups is 3. The molecular weight excluding hydrogens is 651 g/mol. The van der Waals surface area contributed by atoms with Crippen LogP contribution in [0.25, 0.3) is 6.08 Å². The third-order valence-electron chi connectivity index (χ3n) is 7.12. The second kappa shape index (κ2) is 15.9. The number of methoxy groups -OCH3 is 1. The van der Waals surface area contributed by atoms with E-state index in [1.807, 2.05) is 0 Å². The quantitative estimate of drug-likeness (QED) is 0.0959. The van der Waals surface area contributed by atoms with Gasteiger partial charge in [-0.2, -0.15) is 13.2 Å². The minimum atomic E-state index is -4.55. The molecule has 0 bridgehead atoms. The Kier molecular flexibility index (Phi) is 11.2. The minimum absolute atomic E-state index is 0.00729. The monoisotopic (exact) mass is 681 g/mol. The summed E-state index contributed by atoms with van der Waals surface area (Å²) in [7, 11) is 1.55. The van der Waals surface area contributed by atoms with E-state index in [0.717, 1.165) is 12.1 Å². The van der Waals surface area contributed by atoms with Gasteiger partial charge in [0.2, 0.25) is 5.91 Å². The average molecular weight is 682 g/mol. The molecule has 5 rings (SSSR count). The predicted octanol–water partition coefficient (Wildman–Crippen LogP) is 8.60. The topological polar surface area (TPSA) is 96.5 Å². The van der Waals surface area contributed by atoms with Gasteiger partial charge in [0.25, 0.3) is 11.8 Å². The van der Waals surface area contributed by atoms with Crippen LogP contribution >= 0.6 is 11.8 Å². The number of carbonyl (C=O) groups excluding carboxylic acids is 3. The van der Waals surface area contributed by atoms with Gasteiger partial charge in [-0.25, -0.2) is 0 Å². The highest BCUT2D eigenvalue weighted by Gasteiger charge is 2.31. The summed E-state index contributed by atoms with van der Waals surface area (Å²) < 4.78 is 45.0. The van der Waals surface area contributed by atoms with Gasteiger partial charge in [-0.3, -0.25) is 14.4 Å². The summed E-state index contributed by atoms with van der Waals surface area (Å²) in [6.07, 6.45) is -3.00. The maximum absolute atomic E-state index is 13.5. The lowest BCUT2D eigenvalue weighted by Gasteiger charge is -2.18. The van der Waals surface area contributed by atoms with Gasteiger partial charge < -0.3 is 20.7 Å².